The first-order chi connectivity index (χ1) is 12.0. The maximum Gasteiger partial charge on any atom is 0.258 e. The van der Waals surface area contributed by atoms with Crippen molar-refractivity contribution in [2.24, 2.45) is 0 Å². The van der Waals surface area contributed by atoms with Crippen molar-refractivity contribution in [3.8, 4) is 0 Å². The number of nitrogens with one attached hydrogen (secondary N) is 1. The largest absolute Gasteiger partial charge is 0.384 e. The molecule has 0 radical (unpaired) electrons. The van der Waals surface area contributed by atoms with Crippen molar-refractivity contribution in [3.05, 3.63) is 59.7 Å². The van der Waals surface area contributed by atoms with Gasteiger partial charge in [-0.3, -0.25) is 9.52 Å². The zero-order valence-corrected chi connectivity index (χ0v) is 14.8. The maximum atomic E-state index is 12.6. The fourth-order valence-electron chi connectivity index (χ4n) is 2.84. The third-order valence-corrected chi connectivity index (χ3v) is 5.32. The van der Waals surface area contributed by atoms with Gasteiger partial charge in [0.05, 0.1) is 12.4 Å². The second-order valence-corrected chi connectivity index (χ2v) is 7.67. The van der Waals surface area contributed by atoms with E-state index in [0.29, 0.717) is 24.2 Å². The van der Waals surface area contributed by atoms with E-state index in [9.17, 15) is 13.2 Å². The lowest BCUT2D eigenvalue weighted by molar-refractivity contribution is 0.0989. The summed E-state index contributed by atoms with van der Waals surface area (Å²) >= 11 is 0. The molecule has 0 saturated heterocycles. The molecule has 0 aliphatic carbocycles. The Morgan fingerprint density at radius 1 is 1.20 bits per heavy atom. The van der Waals surface area contributed by atoms with E-state index in [0.717, 1.165) is 11.3 Å². The molecule has 1 amide bonds. The Labute approximate surface area is 147 Å². The van der Waals surface area contributed by atoms with E-state index in [4.69, 9.17) is 4.74 Å². The zero-order chi connectivity index (χ0) is 17.9. The lowest BCUT2D eigenvalue weighted by Gasteiger charge is -2.18. The van der Waals surface area contributed by atoms with Gasteiger partial charge in [-0.25, -0.2) is 8.42 Å². The van der Waals surface area contributed by atoms with E-state index >= 15 is 0 Å². The fraction of sp³-hybridized carbons (Fsp3) is 0.278. The van der Waals surface area contributed by atoms with Crippen LogP contribution in [0.5, 0.6) is 0 Å². The SMILES string of the molecule is COCCS(=O)(=O)Nc1ccc2c(c1)CCN2C(=O)c1ccccc1. The van der Waals surface area contributed by atoms with E-state index in [-0.39, 0.29) is 18.3 Å². The average Bonchev–Trinajstić information content (AvgIpc) is 3.03. The molecule has 7 heteroatoms. The van der Waals surface area contributed by atoms with Gasteiger partial charge in [-0.15, -0.1) is 0 Å². The van der Waals surface area contributed by atoms with Crippen LogP contribution in [0.2, 0.25) is 0 Å². The third kappa shape index (κ3) is 4.00. The van der Waals surface area contributed by atoms with Gasteiger partial charge in [-0.1, -0.05) is 18.2 Å². The van der Waals surface area contributed by atoms with Crippen LogP contribution in [0, 0.1) is 0 Å². The summed E-state index contributed by atoms with van der Waals surface area (Å²) in [6.45, 7) is 0.725. The highest BCUT2D eigenvalue weighted by Gasteiger charge is 2.26. The Kier molecular flexibility index (Phi) is 5.06. The van der Waals surface area contributed by atoms with Crippen molar-refractivity contribution in [2.45, 2.75) is 6.42 Å². The summed E-state index contributed by atoms with van der Waals surface area (Å²) in [5, 5.41) is 0. The maximum absolute atomic E-state index is 12.6. The zero-order valence-electron chi connectivity index (χ0n) is 13.9. The number of fused-ring (bicyclic) bond motifs is 1. The predicted octanol–water partition coefficient (Wildman–Crippen LogP) is 2.28. The molecule has 1 N–H and O–H groups in total. The molecule has 0 unspecified atom stereocenters. The van der Waals surface area contributed by atoms with Gasteiger partial charge in [0.25, 0.3) is 5.91 Å². The highest BCUT2D eigenvalue weighted by molar-refractivity contribution is 7.92. The molecule has 1 heterocycles. The molecule has 0 spiro atoms. The topological polar surface area (TPSA) is 75.7 Å². The fourth-order valence-corrected chi connectivity index (χ4v) is 3.81. The Morgan fingerprint density at radius 3 is 2.68 bits per heavy atom. The minimum atomic E-state index is -3.44. The van der Waals surface area contributed by atoms with Crippen molar-refractivity contribution in [1.82, 2.24) is 0 Å². The van der Waals surface area contributed by atoms with Crippen LogP contribution in [0.15, 0.2) is 48.5 Å². The monoisotopic (exact) mass is 360 g/mol. The van der Waals surface area contributed by atoms with Gasteiger partial charge < -0.3 is 9.64 Å². The molecule has 1 aliphatic rings. The number of hydrogen-bond donors (Lipinski definition) is 1. The normalized spacial score (nSPS) is 13.6. The second-order valence-electron chi connectivity index (χ2n) is 5.83. The quantitative estimate of drug-likeness (QED) is 0.857. The number of amides is 1. The van der Waals surface area contributed by atoms with Crippen LogP contribution in [0.3, 0.4) is 0 Å². The van der Waals surface area contributed by atoms with Crippen LogP contribution in [-0.2, 0) is 21.2 Å². The molecule has 0 atom stereocenters. The summed E-state index contributed by atoms with van der Waals surface area (Å²) in [5.74, 6) is -0.146. The lowest BCUT2D eigenvalue weighted by Crippen LogP contribution is -2.28. The van der Waals surface area contributed by atoms with Gasteiger partial charge in [0, 0.05) is 30.6 Å². The highest BCUT2D eigenvalue weighted by atomic mass is 32.2. The first-order valence-electron chi connectivity index (χ1n) is 7.99. The number of methoxy groups -OCH3 is 1. The lowest BCUT2D eigenvalue weighted by atomic mass is 10.1. The molecular formula is C18H20N2O4S. The van der Waals surface area contributed by atoms with Crippen LogP contribution >= 0.6 is 0 Å². The number of sulfonamides is 1. The number of anilines is 2. The Morgan fingerprint density at radius 2 is 1.96 bits per heavy atom. The molecule has 1 aliphatic heterocycles. The van der Waals surface area contributed by atoms with Gasteiger partial charge in [0.15, 0.2) is 0 Å². The van der Waals surface area contributed by atoms with Gasteiger partial charge in [-0.2, -0.15) is 0 Å². The van der Waals surface area contributed by atoms with Crippen molar-refractivity contribution in [3.63, 3.8) is 0 Å². The van der Waals surface area contributed by atoms with E-state index in [2.05, 4.69) is 4.72 Å². The molecule has 6 nitrogen and oxygen atoms in total. The molecule has 25 heavy (non-hydrogen) atoms. The van der Waals surface area contributed by atoms with E-state index in [1.54, 1.807) is 35.2 Å². The number of hydrogen-bond acceptors (Lipinski definition) is 4. The first-order valence-corrected chi connectivity index (χ1v) is 9.65. The third-order valence-electron chi connectivity index (χ3n) is 4.07. The number of ether oxygens (including phenoxy) is 1. The van der Waals surface area contributed by atoms with Gasteiger partial charge in [0.2, 0.25) is 10.0 Å². The van der Waals surface area contributed by atoms with Gasteiger partial charge in [0.1, 0.15) is 0 Å². The minimum Gasteiger partial charge on any atom is -0.384 e. The molecule has 3 rings (SSSR count). The Hall–Kier alpha value is -2.38. The molecule has 0 saturated carbocycles. The van der Waals surface area contributed by atoms with Crippen molar-refractivity contribution in [2.75, 3.05) is 35.6 Å². The number of carbonyl (C=O) groups is 1. The second kappa shape index (κ2) is 7.25. The van der Waals surface area contributed by atoms with Crippen LogP contribution in [-0.4, -0.2) is 40.3 Å². The summed E-state index contributed by atoms with van der Waals surface area (Å²) in [5.41, 5.74) is 2.92. The molecule has 2 aromatic rings. The van der Waals surface area contributed by atoms with Crippen molar-refractivity contribution in [1.29, 1.82) is 0 Å². The molecular weight excluding hydrogens is 340 g/mol. The standard InChI is InChI=1S/C18H20N2O4S/c1-24-11-12-25(22,23)19-16-7-8-17-15(13-16)9-10-20(17)18(21)14-5-3-2-4-6-14/h2-8,13,19H,9-12H2,1H3. The summed E-state index contributed by atoms with van der Waals surface area (Å²) in [4.78, 5) is 14.4. The van der Waals surface area contributed by atoms with Crippen LogP contribution in [0.4, 0.5) is 11.4 Å². The number of benzene rings is 2. The number of carbonyl (C=O) groups excluding carboxylic acids is 1. The van der Waals surface area contributed by atoms with Crippen LogP contribution < -0.4 is 9.62 Å². The van der Waals surface area contributed by atoms with Crippen molar-refractivity contribution < 1.29 is 17.9 Å². The van der Waals surface area contributed by atoms with E-state index in [1.165, 1.54) is 7.11 Å². The van der Waals surface area contributed by atoms with E-state index in [1.807, 2.05) is 18.2 Å². The first kappa shape index (κ1) is 17.4. The summed E-state index contributed by atoms with van der Waals surface area (Å²) < 4.78 is 31.3. The van der Waals surface area contributed by atoms with Gasteiger partial charge >= 0.3 is 0 Å². The summed E-state index contributed by atoms with van der Waals surface area (Å²) in [6, 6.07) is 14.4. The summed E-state index contributed by atoms with van der Waals surface area (Å²) in [7, 11) is -1.98. The van der Waals surface area contributed by atoms with Crippen LogP contribution in [0.1, 0.15) is 15.9 Å². The molecule has 132 valence electrons. The minimum absolute atomic E-state index is 0.0484. The smallest absolute Gasteiger partial charge is 0.258 e. The number of nitrogens with zero attached hydrogens (tertiary/aromatic N) is 1. The molecule has 2 aromatic carbocycles. The van der Waals surface area contributed by atoms with Crippen molar-refractivity contribution >= 4 is 27.3 Å². The predicted molar refractivity (Wildman–Crippen MR) is 97.6 cm³/mol. The van der Waals surface area contributed by atoms with Gasteiger partial charge in [-0.05, 0) is 42.3 Å². The van der Waals surface area contributed by atoms with Crippen LogP contribution in [0.25, 0.3) is 0 Å². The Bertz CT molecular complexity index is 866. The molecule has 0 bridgehead atoms. The molecule has 0 aromatic heterocycles. The average molecular weight is 360 g/mol. The number of rotatable bonds is 6. The molecule has 0 fully saturated rings. The highest BCUT2D eigenvalue weighted by Crippen LogP contribution is 2.31. The summed E-state index contributed by atoms with van der Waals surface area (Å²) in [6.07, 6.45) is 0.696. The van der Waals surface area contributed by atoms with E-state index < -0.39 is 10.0 Å². The Balaban J connectivity index is 1.78.